The summed E-state index contributed by atoms with van der Waals surface area (Å²) in [5.41, 5.74) is 1.47. The molecule has 1 fully saturated rings. The van der Waals surface area contributed by atoms with Crippen molar-refractivity contribution in [2.45, 2.75) is 39.7 Å². The quantitative estimate of drug-likeness (QED) is 0.876. The van der Waals surface area contributed by atoms with Crippen LogP contribution in [-0.4, -0.2) is 23.5 Å². The number of nitrogens with one attached hydrogen (secondary N) is 2. The summed E-state index contributed by atoms with van der Waals surface area (Å²) in [7, 11) is 0. The van der Waals surface area contributed by atoms with Crippen LogP contribution in [0.2, 0.25) is 0 Å². The summed E-state index contributed by atoms with van der Waals surface area (Å²) in [4.78, 5) is 15.9. The molecule has 0 radical (unpaired) electrons. The van der Waals surface area contributed by atoms with E-state index in [1.54, 1.807) is 6.20 Å². The summed E-state index contributed by atoms with van der Waals surface area (Å²) in [5.74, 6) is 1.32. The van der Waals surface area contributed by atoms with Gasteiger partial charge in [-0.15, -0.1) is 0 Å². The van der Waals surface area contributed by atoms with Crippen LogP contribution in [0.3, 0.4) is 0 Å². The fraction of sp³-hybridized carbons (Fsp3) is 0.600. The molecule has 4 nitrogen and oxygen atoms in total. The predicted octanol–water partition coefficient (Wildman–Crippen LogP) is 2.68. The third-order valence-electron chi connectivity index (χ3n) is 4.15. The maximum Gasteiger partial charge on any atom is 0.269 e. The average molecular weight is 261 g/mol. The minimum atomic E-state index is -0.112. The molecule has 104 valence electrons. The first kappa shape index (κ1) is 13.8. The first-order chi connectivity index (χ1) is 9.11. The van der Waals surface area contributed by atoms with Crippen molar-refractivity contribution in [1.82, 2.24) is 10.3 Å². The molecule has 1 aliphatic carbocycles. The molecule has 0 aliphatic heterocycles. The molecule has 1 saturated carbocycles. The van der Waals surface area contributed by atoms with Gasteiger partial charge in [-0.1, -0.05) is 13.8 Å². The summed E-state index contributed by atoms with van der Waals surface area (Å²) in [5, 5.41) is 6.31. The summed E-state index contributed by atoms with van der Waals surface area (Å²) in [6.45, 7) is 7.12. The van der Waals surface area contributed by atoms with Crippen LogP contribution in [0.1, 0.15) is 44.1 Å². The fourth-order valence-corrected chi connectivity index (χ4v) is 2.68. The Hall–Kier alpha value is -1.58. The first-order valence-electron chi connectivity index (χ1n) is 7.12. The highest BCUT2D eigenvalue weighted by molar-refractivity contribution is 5.93. The van der Waals surface area contributed by atoms with Crippen molar-refractivity contribution in [3.63, 3.8) is 0 Å². The molecule has 1 heterocycles. The van der Waals surface area contributed by atoms with Gasteiger partial charge >= 0.3 is 0 Å². The molecule has 2 N–H and O–H groups in total. The van der Waals surface area contributed by atoms with Crippen LogP contribution in [0.15, 0.2) is 18.3 Å². The normalized spacial score (nSPS) is 26.2. The van der Waals surface area contributed by atoms with Gasteiger partial charge in [0.2, 0.25) is 0 Å². The van der Waals surface area contributed by atoms with E-state index in [4.69, 9.17) is 0 Å². The minimum absolute atomic E-state index is 0.112. The first-order valence-corrected chi connectivity index (χ1v) is 7.12. The molecule has 19 heavy (non-hydrogen) atoms. The molecule has 1 aromatic rings. The van der Waals surface area contributed by atoms with E-state index in [2.05, 4.69) is 29.5 Å². The molecule has 0 aromatic carbocycles. The lowest BCUT2D eigenvalue weighted by Gasteiger charge is -2.21. The Morgan fingerprint density at radius 1 is 1.42 bits per heavy atom. The smallest absolute Gasteiger partial charge is 0.269 e. The van der Waals surface area contributed by atoms with Gasteiger partial charge in [-0.3, -0.25) is 9.78 Å². The van der Waals surface area contributed by atoms with Crippen molar-refractivity contribution in [3.8, 4) is 0 Å². The van der Waals surface area contributed by atoms with Gasteiger partial charge < -0.3 is 10.6 Å². The van der Waals surface area contributed by atoms with Crippen LogP contribution < -0.4 is 10.6 Å². The number of aromatic nitrogens is 1. The maximum absolute atomic E-state index is 11.7. The molecule has 3 unspecified atom stereocenters. The Bertz CT molecular complexity index is 447. The van der Waals surface area contributed by atoms with Crippen molar-refractivity contribution in [2.75, 3.05) is 11.9 Å². The Labute approximate surface area is 115 Å². The van der Waals surface area contributed by atoms with Gasteiger partial charge in [0.25, 0.3) is 5.91 Å². The molecule has 1 aromatic heterocycles. The lowest BCUT2D eigenvalue weighted by Crippen LogP contribution is -2.26. The zero-order chi connectivity index (χ0) is 13.8. The molecular weight excluding hydrogens is 238 g/mol. The van der Waals surface area contributed by atoms with Gasteiger partial charge in [0.15, 0.2) is 0 Å². The van der Waals surface area contributed by atoms with Crippen molar-refractivity contribution < 1.29 is 4.79 Å². The monoisotopic (exact) mass is 261 g/mol. The average Bonchev–Trinajstić information content (AvgIpc) is 2.71. The van der Waals surface area contributed by atoms with E-state index in [-0.39, 0.29) is 5.91 Å². The van der Waals surface area contributed by atoms with Crippen LogP contribution in [0, 0.1) is 11.8 Å². The summed E-state index contributed by atoms with van der Waals surface area (Å²) >= 11 is 0. The van der Waals surface area contributed by atoms with Crippen LogP contribution in [-0.2, 0) is 0 Å². The molecule has 1 aliphatic rings. The fourth-order valence-electron chi connectivity index (χ4n) is 2.68. The molecule has 2 rings (SSSR count). The van der Waals surface area contributed by atoms with Crippen molar-refractivity contribution in [2.24, 2.45) is 11.8 Å². The van der Waals surface area contributed by atoms with Crippen molar-refractivity contribution in [1.29, 1.82) is 0 Å². The highest BCUT2D eigenvalue weighted by Crippen LogP contribution is 2.33. The van der Waals surface area contributed by atoms with Gasteiger partial charge in [-0.05, 0) is 43.7 Å². The van der Waals surface area contributed by atoms with E-state index in [9.17, 15) is 4.79 Å². The molecular formula is C15H23N3O. The SMILES string of the molecule is CCNC(=O)c1cc(NC2CCC(C)C2C)ccn1. The van der Waals surface area contributed by atoms with E-state index < -0.39 is 0 Å². The second kappa shape index (κ2) is 6.04. The molecule has 0 saturated heterocycles. The highest BCUT2D eigenvalue weighted by Gasteiger charge is 2.29. The second-order valence-corrected chi connectivity index (χ2v) is 5.45. The number of amides is 1. The molecule has 3 atom stereocenters. The minimum Gasteiger partial charge on any atom is -0.382 e. The van der Waals surface area contributed by atoms with Gasteiger partial charge in [0, 0.05) is 24.5 Å². The number of carbonyl (C=O) groups excluding carboxylic acids is 1. The van der Waals surface area contributed by atoms with Crippen LogP contribution >= 0.6 is 0 Å². The van der Waals surface area contributed by atoms with Gasteiger partial charge in [0.05, 0.1) is 0 Å². The summed E-state index contributed by atoms with van der Waals surface area (Å²) in [6, 6.07) is 4.26. The number of nitrogens with zero attached hydrogens (tertiary/aromatic N) is 1. The van der Waals surface area contributed by atoms with Gasteiger partial charge in [-0.25, -0.2) is 0 Å². The van der Waals surface area contributed by atoms with Crippen LogP contribution in [0.5, 0.6) is 0 Å². The predicted molar refractivity (Wildman–Crippen MR) is 77.2 cm³/mol. The van der Waals surface area contributed by atoms with E-state index in [1.807, 2.05) is 19.1 Å². The van der Waals surface area contributed by atoms with Crippen molar-refractivity contribution in [3.05, 3.63) is 24.0 Å². The zero-order valence-electron chi connectivity index (χ0n) is 11.9. The third-order valence-corrected chi connectivity index (χ3v) is 4.15. The maximum atomic E-state index is 11.7. The third kappa shape index (κ3) is 3.25. The lowest BCUT2D eigenvalue weighted by molar-refractivity contribution is 0.0951. The van der Waals surface area contributed by atoms with Crippen LogP contribution in [0.4, 0.5) is 5.69 Å². The Balaban J connectivity index is 2.05. The summed E-state index contributed by atoms with van der Waals surface area (Å²) in [6.07, 6.45) is 4.16. The Morgan fingerprint density at radius 3 is 2.84 bits per heavy atom. The van der Waals surface area contributed by atoms with Crippen LogP contribution in [0.25, 0.3) is 0 Å². The van der Waals surface area contributed by atoms with E-state index in [1.165, 1.54) is 12.8 Å². The van der Waals surface area contributed by atoms with Gasteiger partial charge in [0.1, 0.15) is 5.69 Å². The number of pyridine rings is 1. The Kier molecular flexibility index (Phi) is 4.40. The second-order valence-electron chi connectivity index (χ2n) is 5.45. The zero-order valence-corrected chi connectivity index (χ0v) is 11.9. The number of carbonyl (C=O) groups is 1. The topological polar surface area (TPSA) is 54.0 Å². The standard InChI is InChI=1S/C15H23N3O/c1-4-16-15(19)14-9-12(7-8-17-14)18-13-6-5-10(2)11(13)3/h7-11,13H,4-6H2,1-3H3,(H,16,19)(H,17,18). The van der Waals surface area contributed by atoms with Gasteiger partial charge in [-0.2, -0.15) is 0 Å². The van der Waals surface area contributed by atoms with E-state index in [0.717, 1.165) is 11.6 Å². The summed E-state index contributed by atoms with van der Waals surface area (Å²) < 4.78 is 0. The lowest BCUT2D eigenvalue weighted by atomic mass is 9.97. The molecule has 1 amide bonds. The number of rotatable bonds is 4. The number of anilines is 1. The largest absolute Gasteiger partial charge is 0.382 e. The molecule has 4 heteroatoms. The van der Waals surface area contributed by atoms with E-state index in [0.29, 0.717) is 24.2 Å². The molecule has 0 spiro atoms. The van der Waals surface area contributed by atoms with Crippen molar-refractivity contribution >= 4 is 11.6 Å². The number of hydrogen-bond acceptors (Lipinski definition) is 3. The number of hydrogen-bond donors (Lipinski definition) is 2. The highest BCUT2D eigenvalue weighted by atomic mass is 16.1. The van der Waals surface area contributed by atoms with E-state index >= 15 is 0 Å². The Morgan fingerprint density at radius 2 is 2.21 bits per heavy atom. The molecule has 0 bridgehead atoms.